The molecule has 3 aromatic rings. The Morgan fingerprint density at radius 2 is 1.93 bits per heavy atom. The number of nitrogens with one attached hydrogen (secondary N) is 1. The average molecular weight is 398 g/mol. The fourth-order valence-corrected chi connectivity index (χ4v) is 3.80. The van der Waals surface area contributed by atoms with Crippen molar-refractivity contribution in [3.63, 3.8) is 0 Å². The molecule has 7 heteroatoms. The second-order valence-electron chi connectivity index (χ2n) is 6.75. The Morgan fingerprint density at radius 1 is 1.18 bits per heavy atom. The standard InChI is InChI=1S/C21H20ClN3O3/c1-24-17-10-9-15(28-2)12-16(17)19(25-11-3-4-18(25)26)20(24)21(27)23-14-7-5-13(22)6-8-14/h5-10,12H,3-4,11H2,1-2H3,(H,23,27). The van der Waals surface area contributed by atoms with Crippen molar-refractivity contribution < 1.29 is 14.3 Å². The quantitative estimate of drug-likeness (QED) is 0.716. The number of amides is 2. The van der Waals surface area contributed by atoms with Crippen LogP contribution in [0, 0.1) is 0 Å². The molecule has 1 fully saturated rings. The molecule has 0 unspecified atom stereocenters. The number of aromatic nitrogens is 1. The van der Waals surface area contributed by atoms with Crippen LogP contribution < -0.4 is 15.0 Å². The summed E-state index contributed by atoms with van der Waals surface area (Å²) >= 11 is 5.93. The fraction of sp³-hybridized carbons (Fsp3) is 0.238. The molecule has 2 aromatic carbocycles. The van der Waals surface area contributed by atoms with Crippen LogP contribution in [0.25, 0.3) is 10.9 Å². The Hall–Kier alpha value is -2.99. The van der Waals surface area contributed by atoms with Gasteiger partial charge in [0.2, 0.25) is 5.91 Å². The number of carbonyl (C=O) groups is 2. The number of carbonyl (C=O) groups excluding carboxylic acids is 2. The van der Waals surface area contributed by atoms with Crippen molar-refractivity contribution in [1.29, 1.82) is 0 Å². The maximum absolute atomic E-state index is 13.2. The van der Waals surface area contributed by atoms with Crippen molar-refractivity contribution in [3.05, 3.63) is 53.2 Å². The van der Waals surface area contributed by atoms with Crippen molar-refractivity contribution in [3.8, 4) is 5.75 Å². The highest BCUT2D eigenvalue weighted by Gasteiger charge is 2.31. The lowest BCUT2D eigenvalue weighted by molar-refractivity contribution is -0.117. The Morgan fingerprint density at radius 3 is 2.57 bits per heavy atom. The van der Waals surface area contributed by atoms with Crippen LogP contribution in [0.1, 0.15) is 23.3 Å². The summed E-state index contributed by atoms with van der Waals surface area (Å²) in [4.78, 5) is 27.4. The summed E-state index contributed by atoms with van der Waals surface area (Å²) in [5.74, 6) is 0.418. The molecule has 144 valence electrons. The molecule has 4 rings (SSSR count). The number of benzene rings is 2. The summed E-state index contributed by atoms with van der Waals surface area (Å²) < 4.78 is 7.18. The van der Waals surface area contributed by atoms with Gasteiger partial charge in [0.05, 0.1) is 18.3 Å². The minimum absolute atomic E-state index is 0.0239. The van der Waals surface area contributed by atoms with Crippen LogP contribution in [0.3, 0.4) is 0 Å². The molecule has 2 amide bonds. The highest BCUT2D eigenvalue weighted by molar-refractivity contribution is 6.30. The van der Waals surface area contributed by atoms with Crippen molar-refractivity contribution >= 4 is 45.7 Å². The molecule has 1 aliphatic rings. The summed E-state index contributed by atoms with van der Waals surface area (Å²) in [6.07, 6.45) is 1.26. The predicted molar refractivity (Wildman–Crippen MR) is 110 cm³/mol. The lowest BCUT2D eigenvalue weighted by Crippen LogP contribution is -2.27. The predicted octanol–water partition coefficient (Wildman–Crippen LogP) is 4.22. The molecule has 2 heterocycles. The number of ether oxygens (including phenoxy) is 1. The minimum Gasteiger partial charge on any atom is -0.497 e. The van der Waals surface area contributed by atoms with E-state index in [4.69, 9.17) is 16.3 Å². The molecule has 0 spiro atoms. The maximum atomic E-state index is 13.2. The first-order valence-electron chi connectivity index (χ1n) is 9.03. The number of fused-ring (bicyclic) bond motifs is 1. The summed E-state index contributed by atoms with van der Waals surface area (Å²) in [5.41, 5.74) is 2.56. The molecular formula is C21H20ClN3O3. The van der Waals surface area contributed by atoms with Crippen LogP contribution >= 0.6 is 11.6 Å². The van der Waals surface area contributed by atoms with Crippen LogP contribution in [0.15, 0.2) is 42.5 Å². The van der Waals surface area contributed by atoms with Crippen LogP contribution in [0.4, 0.5) is 11.4 Å². The third-order valence-electron chi connectivity index (χ3n) is 5.04. The lowest BCUT2D eigenvalue weighted by Gasteiger charge is -2.18. The number of aryl methyl sites for hydroxylation is 1. The zero-order valence-electron chi connectivity index (χ0n) is 15.7. The first-order chi connectivity index (χ1) is 13.5. The van der Waals surface area contributed by atoms with Gasteiger partial charge in [-0.2, -0.15) is 0 Å². The van der Waals surface area contributed by atoms with E-state index in [0.717, 1.165) is 17.3 Å². The van der Waals surface area contributed by atoms with Gasteiger partial charge in [0.1, 0.15) is 11.4 Å². The second kappa shape index (κ2) is 7.20. The number of nitrogens with zero attached hydrogens (tertiary/aromatic N) is 2. The van der Waals surface area contributed by atoms with Gasteiger partial charge in [-0.15, -0.1) is 0 Å². The minimum atomic E-state index is -0.283. The number of methoxy groups -OCH3 is 1. The Bertz CT molecular complexity index is 1070. The van der Waals surface area contributed by atoms with Gasteiger partial charge in [0.15, 0.2) is 0 Å². The van der Waals surface area contributed by atoms with E-state index in [0.29, 0.717) is 40.8 Å². The SMILES string of the molecule is COc1ccc2c(c1)c(N1CCCC1=O)c(C(=O)Nc1ccc(Cl)cc1)n2C. The summed E-state index contributed by atoms with van der Waals surface area (Å²) in [6, 6.07) is 12.5. The van der Waals surface area contributed by atoms with Gasteiger partial charge in [0, 0.05) is 36.1 Å². The monoisotopic (exact) mass is 397 g/mol. The third kappa shape index (κ3) is 3.10. The number of hydrogen-bond donors (Lipinski definition) is 1. The zero-order chi connectivity index (χ0) is 19.8. The van der Waals surface area contributed by atoms with Gasteiger partial charge in [-0.1, -0.05) is 11.6 Å². The molecule has 28 heavy (non-hydrogen) atoms. The Balaban J connectivity index is 1.86. The summed E-state index contributed by atoms with van der Waals surface area (Å²) in [7, 11) is 3.43. The third-order valence-corrected chi connectivity index (χ3v) is 5.29. The smallest absolute Gasteiger partial charge is 0.274 e. The summed E-state index contributed by atoms with van der Waals surface area (Å²) in [6.45, 7) is 0.594. The van der Waals surface area contributed by atoms with E-state index in [9.17, 15) is 9.59 Å². The number of hydrogen-bond acceptors (Lipinski definition) is 3. The molecule has 6 nitrogen and oxygen atoms in total. The van der Waals surface area contributed by atoms with Crippen LogP contribution in [-0.2, 0) is 11.8 Å². The molecule has 0 aliphatic carbocycles. The Labute approximate surface area is 167 Å². The first kappa shape index (κ1) is 18.4. The average Bonchev–Trinajstić information content (AvgIpc) is 3.23. The molecule has 0 radical (unpaired) electrons. The van der Waals surface area contributed by atoms with Crippen LogP contribution in [0.2, 0.25) is 5.02 Å². The van der Waals surface area contributed by atoms with Gasteiger partial charge >= 0.3 is 0 Å². The van der Waals surface area contributed by atoms with E-state index >= 15 is 0 Å². The molecule has 1 aromatic heterocycles. The van der Waals surface area contributed by atoms with Crippen molar-refractivity contribution in [2.75, 3.05) is 23.9 Å². The van der Waals surface area contributed by atoms with E-state index in [1.165, 1.54) is 0 Å². The van der Waals surface area contributed by atoms with E-state index in [1.54, 1.807) is 36.3 Å². The molecule has 0 bridgehead atoms. The normalized spacial score (nSPS) is 14.0. The zero-order valence-corrected chi connectivity index (χ0v) is 16.4. The Kier molecular flexibility index (Phi) is 4.73. The molecule has 1 N–H and O–H groups in total. The first-order valence-corrected chi connectivity index (χ1v) is 9.41. The molecule has 0 atom stereocenters. The molecule has 0 saturated carbocycles. The van der Waals surface area contributed by atoms with Crippen LogP contribution in [-0.4, -0.2) is 30.0 Å². The van der Waals surface area contributed by atoms with Gasteiger partial charge in [-0.25, -0.2) is 0 Å². The van der Waals surface area contributed by atoms with Gasteiger partial charge in [0.25, 0.3) is 5.91 Å². The molecule has 1 saturated heterocycles. The van der Waals surface area contributed by atoms with E-state index < -0.39 is 0 Å². The van der Waals surface area contributed by atoms with E-state index in [-0.39, 0.29) is 11.8 Å². The highest BCUT2D eigenvalue weighted by Crippen LogP contribution is 2.38. The maximum Gasteiger partial charge on any atom is 0.274 e. The van der Waals surface area contributed by atoms with Gasteiger partial charge < -0.3 is 19.5 Å². The van der Waals surface area contributed by atoms with Gasteiger partial charge in [-0.05, 0) is 48.9 Å². The van der Waals surface area contributed by atoms with Crippen molar-refractivity contribution in [2.45, 2.75) is 12.8 Å². The van der Waals surface area contributed by atoms with E-state index in [1.807, 2.05) is 29.8 Å². The van der Waals surface area contributed by atoms with E-state index in [2.05, 4.69) is 5.32 Å². The highest BCUT2D eigenvalue weighted by atomic mass is 35.5. The van der Waals surface area contributed by atoms with Crippen LogP contribution in [0.5, 0.6) is 5.75 Å². The second-order valence-corrected chi connectivity index (χ2v) is 7.19. The van der Waals surface area contributed by atoms with Crippen molar-refractivity contribution in [1.82, 2.24) is 4.57 Å². The van der Waals surface area contributed by atoms with Gasteiger partial charge in [-0.3, -0.25) is 9.59 Å². The number of rotatable bonds is 4. The number of anilines is 2. The molecular weight excluding hydrogens is 378 g/mol. The largest absolute Gasteiger partial charge is 0.497 e. The fourth-order valence-electron chi connectivity index (χ4n) is 3.67. The number of halogens is 1. The van der Waals surface area contributed by atoms with Crippen molar-refractivity contribution in [2.24, 2.45) is 7.05 Å². The summed E-state index contributed by atoms with van der Waals surface area (Å²) in [5, 5.41) is 4.32. The topological polar surface area (TPSA) is 63.6 Å². The molecule has 1 aliphatic heterocycles. The lowest BCUT2D eigenvalue weighted by atomic mass is 10.2.